The molecule has 1 fully saturated rings. The van der Waals surface area contributed by atoms with Crippen LogP contribution in [0.3, 0.4) is 0 Å². The highest BCUT2D eigenvalue weighted by atomic mass is 79.9. The normalized spacial score (nSPS) is 19.0. The number of ether oxygens (including phenoxy) is 1. The number of aliphatic carboxylic acids is 1. The zero-order valence-corrected chi connectivity index (χ0v) is 14.6. The topological polar surface area (TPSA) is 78.9 Å². The number of halogens is 1. The van der Waals surface area contributed by atoms with Crippen LogP contribution in [0.2, 0.25) is 0 Å². The highest BCUT2D eigenvalue weighted by Gasteiger charge is 2.28. The minimum absolute atomic E-state index is 0.197. The molecule has 2 N–H and O–H groups in total. The third-order valence-corrected chi connectivity index (χ3v) is 4.42. The number of rotatable bonds is 5. The maximum absolute atomic E-state index is 12.1. The second kappa shape index (κ2) is 8.19. The van der Waals surface area contributed by atoms with Crippen molar-refractivity contribution in [2.45, 2.75) is 25.9 Å². The Labute approximate surface area is 143 Å². The van der Waals surface area contributed by atoms with E-state index in [1.807, 2.05) is 31.2 Å². The standard InChI is InChI=1S/C16H21BrN2O4/c1-11(23-14-7-3-2-6-13(14)17)9-18-16(22)19-8-4-5-12(10-19)15(20)21/h2-3,6-7,11-12H,4-5,8-10H2,1H3,(H,18,22)(H,20,21). The number of piperidine rings is 1. The Balaban J connectivity index is 1.79. The van der Waals surface area contributed by atoms with Crippen LogP contribution in [-0.2, 0) is 4.79 Å². The van der Waals surface area contributed by atoms with Crippen LogP contribution in [0.4, 0.5) is 4.79 Å². The molecule has 2 rings (SSSR count). The van der Waals surface area contributed by atoms with Gasteiger partial charge in [0.2, 0.25) is 0 Å². The molecule has 23 heavy (non-hydrogen) atoms. The Morgan fingerprint density at radius 1 is 1.48 bits per heavy atom. The average Bonchev–Trinajstić information content (AvgIpc) is 2.55. The summed E-state index contributed by atoms with van der Waals surface area (Å²) in [5.41, 5.74) is 0. The summed E-state index contributed by atoms with van der Waals surface area (Å²) in [6, 6.07) is 7.29. The minimum Gasteiger partial charge on any atom is -0.488 e. The van der Waals surface area contributed by atoms with Gasteiger partial charge in [-0.1, -0.05) is 12.1 Å². The number of hydrogen-bond donors (Lipinski definition) is 2. The van der Waals surface area contributed by atoms with Gasteiger partial charge < -0.3 is 20.1 Å². The van der Waals surface area contributed by atoms with Crippen molar-refractivity contribution in [1.82, 2.24) is 10.2 Å². The smallest absolute Gasteiger partial charge is 0.317 e. The zero-order chi connectivity index (χ0) is 16.8. The number of carboxylic acids is 1. The van der Waals surface area contributed by atoms with Gasteiger partial charge in [-0.2, -0.15) is 0 Å². The number of likely N-dealkylation sites (tertiary alicyclic amines) is 1. The average molecular weight is 385 g/mol. The number of amides is 2. The number of nitrogens with zero attached hydrogens (tertiary/aromatic N) is 1. The van der Waals surface area contributed by atoms with E-state index in [2.05, 4.69) is 21.2 Å². The van der Waals surface area contributed by atoms with E-state index in [0.29, 0.717) is 25.9 Å². The van der Waals surface area contributed by atoms with Crippen molar-refractivity contribution in [3.05, 3.63) is 28.7 Å². The van der Waals surface area contributed by atoms with Gasteiger partial charge in [-0.05, 0) is 47.8 Å². The second-order valence-electron chi connectivity index (χ2n) is 5.67. The Kier molecular flexibility index (Phi) is 6.27. The summed E-state index contributed by atoms with van der Waals surface area (Å²) in [7, 11) is 0. The number of nitrogens with one attached hydrogen (secondary N) is 1. The number of hydrogen-bond acceptors (Lipinski definition) is 3. The second-order valence-corrected chi connectivity index (χ2v) is 6.52. The summed E-state index contributed by atoms with van der Waals surface area (Å²) in [6.45, 7) is 3.08. The fourth-order valence-corrected chi connectivity index (χ4v) is 2.88. The van der Waals surface area contributed by atoms with E-state index >= 15 is 0 Å². The maximum atomic E-state index is 12.1. The van der Waals surface area contributed by atoms with E-state index in [1.54, 1.807) is 4.90 Å². The highest BCUT2D eigenvalue weighted by molar-refractivity contribution is 9.10. The summed E-state index contributed by atoms with van der Waals surface area (Å²) in [4.78, 5) is 24.8. The number of carboxylic acid groups (broad SMARTS) is 1. The van der Waals surface area contributed by atoms with Crippen LogP contribution in [0, 0.1) is 5.92 Å². The lowest BCUT2D eigenvalue weighted by Gasteiger charge is -2.31. The van der Waals surface area contributed by atoms with Crippen LogP contribution in [0.5, 0.6) is 5.75 Å². The first-order valence-corrected chi connectivity index (χ1v) is 8.43. The molecule has 1 aromatic carbocycles. The van der Waals surface area contributed by atoms with Crippen LogP contribution in [0.1, 0.15) is 19.8 Å². The van der Waals surface area contributed by atoms with Gasteiger partial charge in [0, 0.05) is 13.1 Å². The van der Waals surface area contributed by atoms with Crippen molar-refractivity contribution >= 4 is 27.9 Å². The lowest BCUT2D eigenvalue weighted by atomic mass is 9.99. The molecule has 2 atom stereocenters. The third-order valence-electron chi connectivity index (χ3n) is 3.76. The van der Waals surface area contributed by atoms with Crippen molar-refractivity contribution in [2.24, 2.45) is 5.92 Å². The van der Waals surface area contributed by atoms with Crippen LogP contribution >= 0.6 is 15.9 Å². The quantitative estimate of drug-likeness (QED) is 0.817. The van der Waals surface area contributed by atoms with Crippen LogP contribution in [-0.4, -0.2) is 47.7 Å². The number of carbonyl (C=O) groups is 2. The molecular weight excluding hydrogens is 364 g/mol. The molecule has 1 heterocycles. The molecule has 0 radical (unpaired) electrons. The Bertz CT molecular complexity index is 567. The molecule has 6 nitrogen and oxygen atoms in total. The fraction of sp³-hybridized carbons (Fsp3) is 0.500. The van der Waals surface area contributed by atoms with Crippen molar-refractivity contribution in [1.29, 1.82) is 0 Å². The van der Waals surface area contributed by atoms with Gasteiger partial charge in [0.25, 0.3) is 0 Å². The third kappa shape index (κ3) is 5.13. The van der Waals surface area contributed by atoms with Crippen LogP contribution in [0.15, 0.2) is 28.7 Å². The van der Waals surface area contributed by atoms with Gasteiger partial charge in [-0.3, -0.25) is 4.79 Å². The van der Waals surface area contributed by atoms with E-state index in [0.717, 1.165) is 10.2 Å². The lowest BCUT2D eigenvalue weighted by Crippen LogP contribution is -2.48. The Morgan fingerprint density at radius 2 is 2.22 bits per heavy atom. The van der Waals surface area contributed by atoms with Crippen LogP contribution < -0.4 is 10.1 Å². The Morgan fingerprint density at radius 3 is 2.91 bits per heavy atom. The van der Waals surface area contributed by atoms with Crippen molar-refractivity contribution in [2.75, 3.05) is 19.6 Å². The van der Waals surface area contributed by atoms with Crippen molar-refractivity contribution in [3.63, 3.8) is 0 Å². The number of para-hydroxylation sites is 1. The molecule has 0 aliphatic carbocycles. The Hall–Kier alpha value is -1.76. The molecule has 1 aliphatic rings. The van der Waals surface area contributed by atoms with Gasteiger partial charge in [0.05, 0.1) is 16.9 Å². The molecule has 1 saturated heterocycles. The maximum Gasteiger partial charge on any atom is 0.317 e. The van der Waals surface area contributed by atoms with Gasteiger partial charge in [0.15, 0.2) is 0 Å². The van der Waals surface area contributed by atoms with E-state index in [1.165, 1.54) is 0 Å². The fourth-order valence-electron chi connectivity index (χ4n) is 2.50. The largest absolute Gasteiger partial charge is 0.488 e. The first-order valence-electron chi connectivity index (χ1n) is 7.64. The monoisotopic (exact) mass is 384 g/mol. The van der Waals surface area contributed by atoms with Gasteiger partial charge in [0.1, 0.15) is 11.9 Å². The lowest BCUT2D eigenvalue weighted by molar-refractivity contribution is -0.143. The molecule has 0 aromatic heterocycles. The predicted octanol–water partition coefficient (Wildman–Crippen LogP) is 2.72. The molecule has 7 heteroatoms. The predicted molar refractivity (Wildman–Crippen MR) is 89.6 cm³/mol. The SMILES string of the molecule is CC(CNC(=O)N1CCCC(C(=O)O)C1)Oc1ccccc1Br. The minimum atomic E-state index is -0.840. The summed E-state index contributed by atoms with van der Waals surface area (Å²) >= 11 is 3.41. The van der Waals surface area contributed by atoms with E-state index in [4.69, 9.17) is 9.84 Å². The summed E-state index contributed by atoms with van der Waals surface area (Å²) < 4.78 is 6.63. The van der Waals surface area contributed by atoms with Gasteiger partial charge in [-0.15, -0.1) is 0 Å². The number of benzene rings is 1. The van der Waals surface area contributed by atoms with E-state index in [-0.39, 0.29) is 18.7 Å². The first-order chi connectivity index (χ1) is 11.0. The van der Waals surface area contributed by atoms with Gasteiger partial charge in [-0.25, -0.2) is 4.79 Å². The highest BCUT2D eigenvalue weighted by Crippen LogP contribution is 2.24. The summed E-state index contributed by atoms with van der Waals surface area (Å²) in [5, 5.41) is 11.9. The molecule has 1 aliphatic heterocycles. The first kappa shape index (κ1) is 17.6. The molecule has 126 valence electrons. The molecule has 1 aromatic rings. The molecule has 2 amide bonds. The summed E-state index contributed by atoms with van der Waals surface area (Å²) in [5.74, 6) is -0.588. The number of urea groups is 1. The van der Waals surface area contributed by atoms with E-state index < -0.39 is 11.9 Å². The molecule has 0 bridgehead atoms. The number of carbonyl (C=O) groups excluding carboxylic acids is 1. The van der Waals surface area contributed by atoms with Crippen molar-refractivity contribution in [3.8, 4) is 5.75 Å². The van der Waals surface area contributed by atoms with Crippen molar-refractivity contribution < 1.29 is 19.4 Å². The molecular formula is C16H21BrN2O4. The van der Waals surface area contributed by atoms with Crippen LogP contribution in [0.25, 0.3) is 0 Å². The molecule has 0 spiro atoms. The molecule has 0 saturated carbocycles. The summed E-state index contributed by atoms with van der Waals surface area (Å²) in [6.07, 6.45) is 1.14. The zero-order valence-electron chi connectivity index (χ0n) is 13.0. The molecule has 2 unspecified atom stereocenters. The van der Waals surface area contributed by atoms with Gasteiger partial charge >= 0.3 is 12.0 Å². The van der Waals surface area contributed by atoms with E-state index in [9.17, 15) is 9.59 Å².